The lowest BCUT2D eigenvalue weighted by molar-refractivity contribution is -0.373. The van der Waals surface area contributed by atoms with Crippen molar-refractivity contribution in [2.75, 3.05) is 13.2 Å². The zero-order valence-corrected chi connectivity index (χ0v) is 21.2. The van der Waals surface area contributed by atoms with E-state index in [9.17, 15) is 0 Å². The Balaban J connectivity index is 1.27. The third-order valence-corrected chi connectivity index (χ3v) is 7.11. The van der Waals surface area contributed by atoms with Crippen molar-refractivity contribution in [1.29, 1.82) is 0 Å². The lowest BCUT2D eigenvalue weighted by Gasteiger charge is -2.47. The van der Waals surface area contributed by atoms with Crippen molar-refractivity contribution in [3.8, 4) is 0 Å². The highest BCUT2D eigenvalue weighted by Crippen LogP contribution is 2.42. The molecule has 6 nitrogen and oxygen atoms in total. The predicted octanol–water partition coefficient (Wildman–Crippen LogP) is 6.66. The van der Waals surface area contributed by atoms with Gasteiger partial charge < -0.3 is 28.4 Å². The summed E-state index contributed by atoms with van der Waals surface area (Å²) in [5.41, 5.74) is 2.45. The Morgan fingerprint density at radius 2 is 0.889 bits per heavy atom. The summed E-state index contributed by atoms with van der Waals surface area (Å²) >= 11 is 18.6. The van der Waals surface area contributed by atoms with Crippen LogP contribution in [0.4, 0.5) is 0 Å². The molecule has 3 unspecified atom stereocenters. The Bertz CT molecular complexity index is 1230. The van der Waals surface area contributed by atoms with Gasteiger partial charge in [-0.05, 0) is 36.4 Å². The van der Waals surface area contributed by atoms with Crippen LogP contribution in [0, 0.1) is 0 Å². The molecule has 0 saturated carbocycles. The van der Waals surface area contributed by atoms with Gasteiger partial charge in [0.05, 0.1) is 13.2 Å². The molecule has 3 heterocycles. The SMILES string of the molecule is Clc1cccc(C2OC[C@H]3OC(c4cccc(Cl)c4)O[C@H]([C@@H]4COC(c5cccc(Cl)c5)O4)[C@@H]3O2)c1. The smallest absolute Gasteiger partial charge is 0.185 e. The minimum Gasteiger partial charge on any atom is -0.346 e. The monoisotopic (exact) mass is 548 g/mol. The Hall–Kier alpha value is -1.71. The summed E-state index contributed by atoms with van der Waals surface area (Å²) in [6, 6.07) is 22.2. The first-order valence-electron chi connectivity index (χ1n) is 11.6. The van der Waals surface area contributed by atoms with E-state index in [2.05, 4.69) is 0 Å². The number of fused-ring (bicyclic) bond motifs is 1. The molecule has 0 N–H and O–H groups in total. The molecule has 0 spiro atoms. The Labute approximate surface area is 223 Å². The second kappa shape index (κ2) is 10.6. The fourth-order valence-electron chi connectivity index (χ4n) is 4.72. The van der Waals surface area contributed by atoms with Crippen LogP contribution in [0.5, 0.6) is 0 Å². The van der Waals surface area contributed by atoms with Gasteiger partial charge in [0.25, 0.3) is 0 Å². The topological polar surface area (TPSA) is 55.4 Å². The molecule has 7 atom stereocenters. The van der Waals surface area contributed by atoms with Gasteiger partial charge in [0.1, 0.15) is 24.4 Å². The largest absolute Gasteiger partial charge is 0.346 e. The molecule has 3 aromatic rings. The summed E-state index contributed by atoms with van der Waals surface area (Å²) in [4.78, 5) is 0. The van der Waals surface area contributed by atoms with Crippen LogP contribution in [0.25, 0.3) is 0 Å². The zero-order chi connectivity index (χ0) is 24.6. The van der Waals surface area contributed by atoms with Gasteiger partial charge in [0, 0.05) is 31.8 Å². The normalized spacial score (nSPS) is 32.2. The van der Waals surface area contributed by atoms with Crippen LogP contribution < -0.4 is 0 Å². The molecule has 3 aliphatic rings. The highest BCUT2D eigenvalue weighted by Gasteiger charge is 2.50. The molecule has 3 fully saturated rings. The average molecular weight is 550 g/mol. The minimum absolute atomic E-state index is 0.310. The van der Waals surface area contributed by atoms with E-state index in [0.29, 0.717) is 28.3 Å². The first-order chi connectivity index (χ1) is 17.5. The molecule has 3 aliphatic heterocycles. The van der Waals surface area contributed by atoms with Gasteiger partial charge in [-0.1, -0.05) is 71.2 Å². The molecular formula is C27H23Cl3O6. The van der Waals surface area contributed by atoms with E-state index in [4.69, 9.17) is 63.2 Å². The van der Waals surface area contributed by atoms with Crippen LogP contribution in [0.1, 0.15) is 35.6 Å². The van der Waals surface area contributed by atoms with Crippen molar-refractivity contribution < 1.29 is 28.4 Å². The van der Waals surface area contributed by atoms with E-state index in [0.717, 1.165) is 16.7 Å². The van der Waals surface area contributed by atoms with E-state index in [1.165, 1.54) is 0 Å². The number of hydrogen-bond acceptors (Lipinski definition) is 6. The minimum atomic E-state index is -0.668. The van der Waals surface area contributed by atoms with Crippen molar-refractivity contribution in [3.05, 3.63) is 105 Å². The molecule has 3 saturated heterocycles. The van der Waals surface area contributed by atoms with E-state index in [1.54, 1.807) is 6.07 Å². The van der Waals surface area contributed by atoms with Crippen molar-refractivity contribution in [1.82, 2.24) is 0 Å². The Kier molecular flexibility index (Phi) is 7.23. The molecule has 36 heavy (non-hydrogen) atoms. The summed E-state index contributed by atoms with van der Waals surface area (Å²) in [5.74, 6) is 0. The molecule has 0 bridgehead atoms. The number of ether oxygens (including phenoxy) is 6. The number of benzene rings is 3. The molecule has 0 radical (unpaired) electrons. The molecular weight excluding hydrogens is 527 g/mol. The van der Waals surface area contributed by atoms with Crippen LogP contribution in [0.2, 0.25) is 15.1 Å². The Morgan fingerprint density at radius 3 is 1.36 bits per heavy atom. The van der Waals surface area contributed by atoms with Gasteiger partial charge in [0.2, 0.25) is 0 Å². The molecule has 3 aromatic carbocycles. The van der Waals surface area contributed by atoms with Gasteiger partial charge in [0.15, 0.2) is 18.9 Å². The first-order valence-corrected chi connectivity index (χ1v) is 12.8. The fraction of sp³-hybridized carbons (Fsp3) is 0.333. The quantitative estimate of drug-likeness (QED) is 0.363. The molecule has 188 valence electrons. The van der Waals surface area contributed by atoms with E-state index in [-0.39, 0.29) is 0 Å². The number of halogens is 3. The van der Waals surface area contributed by atoms with E-state index >= 15 is 0 Å². The van der Waals surface area contributed by atoms with Crippen LogP contribution >= 0.6 is 34.8 Å². The fourth-order valence-corrected chi connectivity index (χ4v) is 5.32. The third kappa shape index (κ3) is 5.16. The van der Waals surface area contributed by atoms with Crippen molar-refractivity contribution >= 4 is 34.8 Å². The van der Waals surface area contributed by atoms with Gasteiger partial charge >= 0.3 is 0 Å². The van der Waals surface area contributed by atoms with E-state index in [1.807, 2.05) is 66.7 Å². The first kappa shape index (κ1) is 24.6. The highest BCUT2D eigenvalue weighted by molar-refractivity contribution is 6.31. The van der Waals surface area contributed by atoms with Crippen LogP contribution in [0.15, 0.2) is 72.8 Å². The zero-order valence-electron chi connectivity index (χ0n) is 19.0. The Morgan fingerprint density at radius 1 is 0.500 bits per heavy atom. The van der Waals surface area contributed by atoms with E-state index < -0.39 is 43.3 Å². The third-order valence-electron chi connectivity index (χ3n) is 6.40. The van der Waals surface area contributed by atoms with Crippen molar-refractivity contribution in [2.45, 2.75) is 43.3 Å². The van der Waals surface area contributed by atoms with Crippen molar-refractivity contribution in [2.24, 2.45) is 0 Å². The van der Waals surface area contributed by atoms with Crippen molar-refractivity contribution in [3.63, 3.8) is 0 Å². The summed E-state index contributed by atoms with van der Waals surface area (Å²) in [5, 5.41) is 1.81. The van der Waals surface area contributed by atoms with Gasteiger partial charge in [-0.2, -0.15) is 0 Å². The standard InChI is InChI=1S/C27H23Cl3O6/c28-18-7-1-4-15(10-18)25-31-13-21(33-25)24-23-22(34-27(36-24)17-6-3-9-20(30)12-17)14-32-26(35-23)16-5-2-8-19(29)11-16/h1-12,21-27H,13-14H2/t21-,22+,23+,24+,25?,26?,27?/m0/s1. The summed E-state index contributed by atoms with van der Waals surface area (Å²) in [7, 11) is 0. The molecule has 0 aliphatic carbocycles. The second-order valence-electron chi connectivity index (χ2n) is 8.88. The molecule has 6 rings (SSSR count). The predicted molar refractivity (Wildman–Crippen MR) is 134 cm³/mol. The maximum absolute atomic E-state index is 6.48. The summed E-state index contributed by atoms with van der Waals surface area (Å²) < 4.78 is 37.5. The molecule has 9 heteroatoms. The van der Waals surface area contributed by atoms with Gasteiger partial charge in [-0.15, -0.1) is 0 Å². The maximum atomic E-state index is 6.48. The lowest BCUT2D eigenvalue weighted by atomic mass is 9.99. The lowest BCUT2D eigenvalue weighted by Crippen LogP contribution is -2.58. The second-order valence-corrected chi connectivity index (χ2v) is 10.2. The summed E-state index contributed by atoms with van der Waals surface area (Å²) in [6.07, 6.45) is -3.62. The van der Waals surface area contributed by atoms with Gasteiger partial charge in [-0.3, -0.25) is 0 Å². The van der Waals surface area contributed by atoms with Crippen LogP contribution in [-0.4, -0.2) is 37.6 Å². The number of hydrogen-bond donors (Lipinski definition) is 0. The maximum Gasteiger partial charge on any atom is 0.185 e. The number of rotatable bonds is 4. The average Bonchev–Trinajstić information content (AvgIpc) is 3.38. The molecule has 0 aromatic heterocycles. The van der Waals surface area contributed by atoms with Crippen LogP contribution in [0.3, 0.4) is 0 Å². The highest BCUT2D eigenvalue weighted by atomic mass is 35.5. The van der Waals surface area contributed by atoms with Gasteiger partial charge in [-0.25, -0.2) is 0 Å². The summed E-state index contributed by atoms with van der Waals surface area (Å²) in [6.45, 7) is 0.628. The van der Waals surface area contributed by atoms with Crippen LogP contribution in [-0.2, 0) is 28.4 Å². The molecule has 0 amide bonds.